The van der Waals surface area contributed by atoms with Crippen LogP contribution in [-0.2, 0) is 6.54 Å². The Balaban J connectivity index is 1.73. The van der Waals surface area contributed by atoms with Gasteiger partial charge in [-0.1, -0.05) is 0 Å². The summed E-state index contributed by atoms with van der Waals surface area (Å²) in [6, 6.07) is 0. The zero-order valence-corrected chi connectivity index (χ0v) is 11.7. The third-order valence-corrected chi connectivity index (χ3v) is 5.96. The molecule has 0 amide bonds. The number of hydrogen-bond donors (Lipinski definition) is 1. The van der Waals surface area contributed by atoms with Crippen molar-refractivity contribution in [3.8, 4) is 0 Å². The quantitative estimate of drug-likeness (QED) is 0.886. The van der Waals surface area contributed by atoms with Gasteiger partial charge in [0.25, 0.3) is 0 Å². The third kappa shape index (κ3) is 1.74. The maximum absolute atomic E-state index is 5.80. The van der Waals surface area contributed by atoms with E-state index in [4.69, 9.17) is 5.73 Å². The Bertz CT molecular complexity index is 469. The first-order valence-corrected chi connectivity index (χ1v) is 7.76. The van der Waals surface area contributed by atoms with Gasteiger partial charge in [0.05, 0.1) is 11.4 Å². The number of nitrogens with zero attached hydrogens (tertiary/aromatic N) is 2. The van der Waals surface area contributed by atoms with Crippen molar-refractivity contribution in [1.29, 1.82) is 0 Å². The zero-order valence-electron chi connectivity index (χ0n) is 11.7. The molecule has 4 bridgehead atoms. The molecular formula is C16H23N3. The average Bonchev–Trinajstić information content (AvgIpc) is 2.39. The molecule has 4 aliphatic rings. The van der Waals surface area contributed by atoms with Crippen molar-refractivity contribution < 1.29 is 0 Å². The van der Waals surface area contributed by atoms with Crippen LogP contribution in [0.1, 0.15) is 55.0 Å². The lowest BCUT2D eigenvalue weighted by molar-refractivity contribution is -0.00445. The van der Waals surface area contributed by atoms with Crippen molar-refractivity contribution in [3.63, 3.8) is 0 Å². The summed E-state index contributed by atoms with van der Waals surface area (Å²) in [6.07, 6.45) is 9.02. The van der Waals surface area contributed by atoms with Crippen LogP contribution in [0.4, 0.5) is 0 Å². The lowest BCUT2D eigenvalue weighted by Gasteiger charge is -2.54. The van der Waals surface area contributed by atoms with E-state index in [9.17, 15) is 0 Å². The molecule has 0 saturated heterocycles. The fraction of sp³-hybridized carbons (Fsp3) is 0.750. The lowest BCUT2D eigenvalue weighted by Crippen LogP contribution is -2.44. The van der Waals surface area contributed by atoms with Gasteiger partial charge in [-0.25, -0.2) is 9.97 Å². The van der Waals surface area contributed by atoms with E-state index in [1.54, 1.807) is 6.33 Å². The number of rotatable bonds is 2. The second-order valence-corrected chi connectivity index (χ2v) is 6.99. The molecule has 5 rings (SSSR count). The Labute approximate surface area is 115 Å². The van der Waals surface area contributed by atoms with E-state index in [1.165, 1.54) is 43.4 Å². The maximum atomic E-state index is 5.80. The first-order valence-electron chi connectivity index (χ1n) is 7.76. The van der Waals surface area contributed by atoms with Crippen LogP contribution in [0, 0.1) is 30.6 Å². The highest BCUT2D eigenvalue weighted by Gasteiger charge is 2.49. The number of nitrogens with two attached hydrogens (primary N) is 1. The number of aromatic nitrogens is 2. The molecule has 0 unspecified atom stereocenters. The van der Waals surface area contributed by atoms with Crippen LogP contribution in [0.15, 0.2) is 6.33 Å². The van der Waals surface area contributed by atoms with Crippen LogP contribution in [0.25, 0.3) is 0 Å². The predicted octanol–water partition coefficient (Wildman–Crippen LogP) is 2.78. The van der Waals surface area contributed by atoms with Crippen molar-refractivity contribution in [2.45, 2.75) is 51.5 Å². The highest BCUT2D eigenvalue weighted by molar-refractivity contribution is 5.28. The van der Waals surface area contributed by atoms with E-state index in [-0.39, 0.29) is 0 Å². The van der Waals surface area contributed by atoms with Gasteiger partial charge >= 0.3 is 0 Å². The van der Waals surface area contributed by atoms with Crippen LogP contribution in [0.2, 0.25) is 0 Å². The molecule has 0 spiro atoms. The monoisotopic (exact) mass is 257 g/mol. The summed E-state index contributed by atoms with van der Waals surface area (Å²) in [4.78, 5) is 9.00. The molecule has 19 heavy (non-hydrogen) atoms. The molecule has 0 radical (unpaired) electrons. The molecular weight excluding hydrogens is 234 g/mol. The summed E-state index contributed by atoms with van der Waals surface area (Å²) < 4.78 is 0. The Morgan fingerprint density at radius 3 is 2.26 bits per heavy atom. The minimum atomic E-state index is 0.536. The van der Waals surface area contributed by atoms with Crippen LogP contribution >= 0.6 is 0 Å². The summed E-state index contributed by atoms with van der Waals surface area (Å²) >= 11 is 0. The normalized spacial score (nSPS) is 39.8. The Morgan fingerprint density at radius 1 is 1.05 bits per heavy atom. The van der Waals surface area contributed by atoms with Gasteiger partial charge < -0.3 is 5.73 Å². The molecule has 3 nitrogen and oxygen atoms in total. The van der Waals surface area contributed by atoms with Crippen molar-refractivity contribution in [2.75, 3.05) is 0 Å². The van der Waals surface area contributed by atoms with Crippen LogP contribution in [0.3, 0.4) is 0 Å². The van der Waals surface area contributed by atoms with Gasteiger partial charge in [0, 0.05) is 12.5 Å². The summed E-state index contributed by atoms with van der Waals surface area (Å²) in [6.45, 7) is 2.71. The van der Waals surface area contributed by atoms with Crippen LogP contribution < -0.4 is 5.73 Å². The van der Waals surface area contributed by atoms with Gasteiger partial charge in [-0.3, -0.25) is 0 Å². The van der Waals surface area contributed by atoms with Crippen molar-refractivity contribution >= 4 is 0 Å². The fourth-order valence-electron chi connectivity index (χ4n) is 5.42. The molecule has 0 aromatic carbocycles. The summed E-state index contributed by atoms with van der Waals surface area (Å²) in [5.74, 6) is 4.51. The minimum absolute atomic E-state index is 0.536. The van der Waals surface area contributed by atoms with Crippen LogP contribution in [-0.4, -0.2) is 9.97 Å². The lowest BCUT2D eigenvalue weighted by atomic mass is 9.51. The summed E-state index contributed by atoms with van der Waals surface area (Å²) in [5, 5.41) is 0. The molecule has 4 saturated carbocycles. The summed E-state index contributed by atoms with van der Waals surface area (Å²) in [7, 11) is 0. The highest BCUT2D eigenvalue weighted by Crippen LogP contribution is 2.59. The second-order valence-electron chi connectivity index (χ2n) is 6.99. The molecule has 3 heteroatoms. The molecule has 0 atom stereocenters. The van der Waals surface area contributed by atoms with Gasteiger partial charge in [-0.15, -0.1) is 0 Å². The molecule has 0 aliphatic heterocycles. The van der Waals surface area contributed by atoms with Gasteiger partial charge in [-0.2, -0.15) is 0 Å². The molecule has 102 valence electrons. The summed E-state index contributed by atoms with van der Waals surface area (Å²) in [5.41, 5.74) is 9.43. The average molecular weight is 257 g/mol. The van der Waals surface area contributed by atoms with Crippen LogP contribution in [0.5, 0.6) is 0 Å². The van der Waals surface area contributed by atoms with Gasteiger partial charge in [-0.05, 0) is 68.3 Å². The molecule has 2 N–H and O–H groups in total. The van der Waals surface area contributed by atoms with E-state index < -0.39 is 0 Å². The van der Waals surface area contributed by atoms with Gasteiger partial charge in [0.15, 0.2) is 0 Å². The molecule has 1 aromatic rings. The standard InChI is InChI=1S/C16H23N3/c1-9-14(7-17)18-8-19-16(9)15-12-3-10-2-11(5-12)6-13(15)4-10/h8,10-13,15H,2-7,17H2,1H3. The van der Waals surface area contributed by atoms with Crippen molar-refractivity contribution in [1.82, 2.24) is 9.97 Å². The third-order valence-electron chi connectivity index (χ3n) is 5.96. The maximum Gasteiger partial charge on any atom is 0.116 e. The van der Waals surface area contributed by atoms with Gasteiger partial charge in [0.1, 0.15) is 6.33 Å². The SMILES string of the molecule is Cc1c(CN)ncnc1C1C2CC3CC(C2)CC1C3. The van der Waals surface area contributed by atoms with E-state index in [0.717, 1.165) is 29.4 Å². The molecule has 4 aliphatic carbocycles. The zero-order chi connectivity index (χ0) is 13.0. The largest absolute Gasteiger partial charge is 0.325 e. The van der Waals surface area contributed by atoms with E-state index in [2.05, 4.69) is 16.9 Å². The van der Waals surface area contributed by atoms with E-state index >= 15 is 0 Å². The first-order chi connectivity index (χ1) is 9.26. The Morgan fingerprint density at radius 2 is 1.68 bits per heavy atom. The minimum Gasteiger partial charge on any atom is -0.325 e. The topological polar surface area (TPSA) is 51.8 Å². The van der Waals surface area contributed by atoms with Gasteiger partial charge in [0.2, 0.25) is 0 Å². The number of hydrogen-bond acceptors (Lipinski definition) is 3. The van der Waals surface area contributed by atoms with Crippen molar-refractivity contribution in [2.24, 2.45) is 29.4 Å². The molecule has 1 heterocycles. The van der Waals surface area contributed by atoms with Crippen molar-refractivity contribution in [3.05, 3.63) is 23.3 Å². The fourth-order valence-corrected chi connectivity index (χ4v) is 5.42. The second kappa shape index (κ2) is 4.27. The Kier molecular flexibility index (Phi) is 2.66. The molecule has 4 fully saturated rings. The Hall–Kier alpha value is -0.960. The highest BCUT2D eigenvalue weighted by atomic mass is 14.9. The predicted molar refractivity (Wildman–Crippen MR) is 74.4 cm³/mol. The molecule has 1 aromatic heterocycles. The first kappa shape index (κ1) is 11.8. The smallest absolute Gasteiger partial charge is 0.116 e. The van der Waals surface area contributed by atoms with E-state index in [1.807, 2.05) is 0 Å². The van der Waals surface area contributed by atoms with E-state index in [0.29, 0.717) is 12.5 Å².